The van der Waals surface area contributed by atoms with E-state index >= 15 is 0 Å². The van der Waals surface area contributed by atoms with Crippen LogP contribution in [0.4, 0.5) is 0 Å². The van der Waals surface area contributed by atoms with Crippen LogP contribution in [0, 0.1) is 5.92 Å². The highest BCUT2D eigenvalue weighted by Crippen LogP contribution is 2.20. The molecule has 1 aliphatic rings. The number of amides is 3. The van der Waals surface area contributed by atoms with Gasteiger partial charge in [-0.25, -0.2) is 4.79 Å². The molecule has 1 fully saturated rings. The largest absolute Gasteiger partial charge is 0.508 e. The first-order chi connectivity index (χ1) is 16.1. The summed E-state index contributed by atoms with van der Waals surface area (Å²) in [6, 6.07) is 2.25. The monoisotopic (exact) mass is 494 g/mol. The maximum absolute atomic E-state index is 13.1. The van der Waals surface area contributed by atoms with Gasteiger partial charge in [-0.2, -0.15) is 12.6 Å². The number of nitrogens with one attached hydrogen (secondary N) is 2. The Morgan fingerprint density at radius 3 is 2.38 bits per heavy atom. The summed E-state index contributed by atoms with van der Waals surface area (Å²) >= 11 is 4.19. The summed E-state index contributed by atoms with van der Waals surface area (Å²) in [6.07, 6.45) is 1.67. The number of phenols is 1. The molecule has 11 heteroatoms. The van der Waals surface area contributed by atoms with Crippen molar-refractivity contribution < 1.29 is 29.4 Å². The lowest BCUT2D eigenvalue weighted by Gasteiger charge is -2.29. The molecule has 0 radical (unpaired) electrons. The number of nitrogens with zero attached hydrogens (tertiary/aromatic N) is 1. The fourth-order valence-corrected chi connectivity index (χ4v) is 4.05. The van der Waals surface area contributed by atoms with E-state index in [9.17, 15) is 29.4 Å². The molecule has 1 heterocycles. The van der Waals surface area contributed by atoms with Gasteiger partial charge in [-0.05, 0) is 36.5 Å². The molecular formula is C23H34N4O6S. The summed E-state index contributed by atoms with van der Waals surface area (Å²) in [5.74, 6) is -2.68. The van der Waals surface area contributed by atoms with Crippen molar-refractivity contribution in [3.63, 3.8) is 0 Å². The van der Waals surface area contributed by atoms with Gasteiger partial charge >= 0.3 is 5.97 Å². The molecule has 6 N–H and O–H groups in total. The van der Waals surface area contributed by atoms with Crippen LogP contribution in [-0.2, 0) is 25.6 Å². The number of rotatable bonds is 11. The Kier molecular flexibility index (Phi) is 10.2. The number of likely N-dealkylation sites (tertiary alicyclic amines) is 1. The van der Waals surface area contributed by atoms with E-state index in [1.807, 2.05) is 13.8 Å². The van der Waals surface area contributed by atoms with E-state index in [1.165, 1.54) is 17.0 Å². The fourth-order valence-electron chi connectivity index (χ4n) is 3.80. The summed E-state index contributed by atoms with van der Waals surface area (Å²) in [6.45, 7) is 4.07. The van der Waals surface area contributed by atoms with Crippen molar-refractivity contribution in [2.75, 3.05) is 12.3 Å². The van der Waals surface area contributed by atoms with Crippen molar-refractivity contribution in [1.29, 1.82) is 0 Å². The van der Waals surface area contributed by atoms with Crippen molar-refractivity contribution in [3.8, 4) is 5.75 Å². The minimum Gasteiger partial charge on any atom is -0.508 e. The number of aliphatic carboxylic acids is 1. The molecule has 5 atom stereocenters. The van der Waals surface area contributed by atoms with Gasteiger partial charge in [0.05, 0.1) is 6.04 Å². The summed E-state index contributed by atoms with van der Waals surface area (Å²) < 4.78 is 0. The van der Waals surface area contributed by atoms with Crippen LogP contribution < -0.4 is 16.4 Å². The van der Waals surface area contributed by atoms with E-state index in [1.54, 1.807) is 12.1 Å². The van der Waals surface area contributed by atoms with Crippen molar-refractivity contribution in [2.45, 2.75) is 63.7 Å². The Bertz CT molecular complexity index is 881. The topological polar surface area (TPSA) is 162 Å². The zero-order chi connectivity index (χ0) is 25.4. The lowest BCUT2D eigenvalue weighted by molar-refractivity contribution is -0.144. The van der Waals surface area contributed by atoms with Crippen molar-refractivity contribution >= 4 is 36.3 Å². The van der Waals surface area contributed by atoms with Gasteiger partial charge < -0.3 is 31.5 Å². The number of hydrogen-bond donors (Lipinski definition) is 6. The van der Waals surface area contributed by atoms with Gasteiger partial charge in [-0.3, -0.25) is 14.4 Å². The van der Waals surface area contributed by atoms with Crippen LogP contribution >= 0.6 is 12.6 Å². The molecule has 1 saturated heterocycles. The van der Waals surface area contributed by atoms with Crippen molar-refractivity contribution in [1.82, 2.24) is 15.5 Å². The number of phenolic OH excluding ortho intramolecular Hbond substituents is 1. The van der Waals surface area contributed by atoms with E-state index in [0.717, 1.165) is 0 Å². The molecule has 0 spiro atoms. The third-order valence-corrected chi connectivity index (χ3v) is 6.55. The number of carboxylic acid groups (broad SMARTS) is 1. The minimum absolute atomic E-state index is 0.0187. The molecule has 1 aliphatic heterocycles. The lowest BCUT2D eigenvalue weighted by atomic mass is 9.99. The third-order valence-electron chi connectivity index (χ3n) is 6.19. The molecule has 0 bridgehead atoms. The molecule has 0 aromatic heterocycles. The molecule has 5 unspecified atom stereocenters. The highest BCUT2D eigenvalue weighted by molar-refractivity contribution is 7.80. The summed E-state index contributed by atoms with van der Waals surface area (Å²) in [5.41, 5.74) is 6.59. The second-order valence-electron chi connectivity index (χ2n) is 8.61. The summed E-state index contributed by atoms with van der Waals surface area (Å²) in [4.78, 5) is 51.7. The van der Waals surface area contributed by atoms with E-state index in [2.05, 4.69) is 23.3 Å². The normalized spacial score (nSPS) is 19.1. The van der Waals surface area contributed by atoms with Crippen LogP contribution in [0.15, 0.2) is 24.3 Å². The van der Waals surface area contributed by atoms with Gasteiger partial charge in [0.15, 0.2) is 0 Å². The fraction of sp³-hybridized carbons (Fsp3) is 0.565. The number of carbonyl (C=O) groups excluding carboxylic acids is 3. The van der Waals surface area contributed by atoms with Gasteiger partial charge in [0.25, 0.3) is 0 Å². The molecule has 34 heavy (non-hydrogen) atoms. The van der Waals surface area contributed by atoms with Crippen LogP contribution in [0.25, 0.3) is 0 Å². The second-order valence-corrected chi connectivity index (χ2v) is 8.98. The van der Waals surface area contributed by atoms with Gasteiger partial charge in [-0.1, -0.05) is 32.4 Å². The Morgan fingerprint density at radius 2 is 1.82 bits per heavy atom. The number of aromatic hydroxyl groups is 1. The zero-order valence-corrected chi connectivity index (χ0v) is 20.3. The SMILES string of the molecule is CCC(C)C(N)C(=O)NC(CS)C(=O)N1CCCC1C(=O)NC(Cc1ccc(O)cc1)C(=O)O. The second kappa shape index (κ2) is 12.6. The summed E-state index contributed by atoms with van der Waals surface area (Å²) in [5, 5.41) is 24.1. The molecule has 10 nitrogen and oxygen atoms in total. The number of hydrogen-bond acceptors (Lipinski definition) is 7. The Balaban J connectivity index is 2.07. The van der Waals surface area contributed by atoms with Crippen LogP contribution in [-0.4, -0.2) is 75.3 Å². The van der Waals surface area contributed by atoms with Gasteiger partial charge in [-0.15, -0.1) is 0 Å². The molecule has 3 amide bonds. The van der Waals surface area contributed by atoms with E-state index in [-0.39, 0.29) is 23.8 Å². The Labute approximate surface area is 204 Å². The number of thiol groups is 1. The first kappa shape index (κ1) is 27.5. The number of carbonyl (C=O) groups is 4. The molecule has 2 rings (SSSR count). The smallest absolute Gasteiger partial charge is 0.326 e. The van der Waals surface area contributed by atoms with Gasteiger partial charge in [0, 0.05) is 18.7 Å². The number of benzene rings is 1. The number of nitrogens with two attached hydrogens (primary N) is 1. The highest BCUT2D eigenvalue weighted by atomic mass is 32.1. The third kappa shape index (κ3) is 7.10. The molecule has 1 aromatic carbocycles. The summed E-state index contributed by atoms with van der Waals surface area (Å²) in [7, 11) is 0. The maximum Gasteiger partial charge on any atom is 0.326 e. The van der Waals surface area contributed by atoms with Crippen LogP contribution in [0.1, 0.15) is 38.7 Å². The molecule has 1 aromatic rings. The molecule has 0 saturated carbocycles. The Morgan fingerprint density at radius 1 is 1.18 bits per heavy atom. The predicted molar refractivity (Wildman–Crippen MR) is 129 cm³/mol. The minimum atomic E-state index is -1.21. The van der Waals surface area contributed by atoms with E-state index in [0.29, 0.717) is 31.4 Å². The molecule has 0 aliphatic carbocycles. The van der Waals surface area contributed by atoms with E-state index in [4.69, 9.17) is 5.73 Å². The van der Waals surface area contributed by atoms with E-state index < -0.39 is 47.9 Å². The standard InChI is InChI=1S/C23H34N4O6S/c1-3-13(2)19(24)21(30)26-17(12-34)22(31)27-10-4-5-18(27)20(29)25-16(23(32)33)11-14-6-8-15(28)9-7-14/h6-9,13,16-19,28,34H,3-5,10-12,24H2,1-2H3,(H,25,29)(H,26,30)(H,32,33). The first-order valence-electron chi connectivity index (χ1n) is 11.4. The predicted octanol–water partition coefficient (Wildman–Crippen LogP) is 0.283. The van der Waals surface area contributed by atoms with Crippen LogP contribution in [0.5, 0.6) is 5.75 Å². The molecular weight excluding hydrogens is 460 g/mol. The molecule has 188 valence electrons. The van der Waals surface area contributed by atoms with Crippen LogP contribution in [0.2, 0.25) is 0 Å². The maximum atomic E-state index is 13.1. The van der Waals surface area contributed by atoms with Crippen molar-refractivity contribution in [3.05, 3.63) is 29.8 Å². The van der Waals surface area contributed by atoms with Gasteiger partial charge in [0.1, 0.15) is 23.9 Å². The Hall–Kier alpha value is -2.79. The average Bonchev–Trinajstić information content (AvgIpc) is 3.31. The zero-order valence-electron chi connectivity index (χ0n) is 19.4. The van der Waals surface area contributed by atoms with Gasteiger partial charge in [0.2, 0.25) is 17.7 Å². The number of carboxylic acids is 1. The lowest BCUT2D eigenvalue weighted by Crippen LogP contribution is -2.58. The highest BCUT2D eigenvalue weighted by Gasteiger charge is 2.39. The quantitative estimate of drug-likeness (QED) is 0.241. The van der Waals surface area contributed by atoms with Crippen LogP contribution in [0.3, 0.4) is 0 Å². The first-order valence-corrected chi connectivity index (χ1v) is 12.0. The average molecular weight is 495 g/mol. The van der Waals surface area contributed by atoms with Crippen molar-refractivity contribution in [2.24, 2.45) is 11.7 Å².